The fraction of sp³-hybridized carbons (Fsp3) is 0.0714. The summed E-state index contributed by atoms with van der Waals surface area (Å²) in [5, 5.41) is 9.64. The third-order valence-corrected chi connectivity index (χ3v) is 3.24. The van der Waals surface area contributed by atoms with Crippen molar-refractivity contribution >= 4 is 27.5 Å². The topological polar surface area (TPSA) is 61.4 Å². The molecule has 0 aliphatic carbocycles. The highest BCUT2D eigenvalue weighted by Crippen LogP contribution is 2.34. The van der Waals surface area contributed by atoms with Gasteiger partial charge in [0.25, 0.3) is 5.91 Å². The first-order valence-electron chi connectivity index (χ1n) is 6.00. The number of para-hydroxylation sites is 1. The van der Waals surface area contributed by atoms with E-state index in [2.05, 4.69) is 26.8 Å². The van der Waals surface area contributed by atoms with E-state index in [1.807, 2.05) is 0 Å². The van der Waals surface area contributed by atoms with E-state index >= 15 is 0 Å². The van der Waals surface area contributed by atoms with E-state index in [1.54, 1.807) is 0 Å². The Labute approximate surface area is 132 Å². The van der Waals surface area contributed by atoms with Crippen LogP contribution in [0.2, 0.25) is 0 Å². The van der Waals surface area contributed by atoms with Crippen LogP contribution in [0.25, 0.3) is 0 Å². The first-order valence-corrected chi connectivity index (χ1v) is 6.79. The van der Waals surface area contributed by atoms with Crippen LogP contribution in [0.1, 0.15) is 15.9 Å². The van der Waals surface area contributed by atoms with Gasteiger partial charge in [0.2, 0.25) is 0 Å². The minimum Gasteiger partial charge on any atom is -0.507 e. The highest BCUT2D eigenvalue weighted by molar-refractivity contribution is 9.10. The van der Waals surface area contributed by atoms with E-state index in [0.29, 0.717) is 4.47 Å². The normalized spacial score (nSPS) is 11.1. The van der Waals surface area contributed by atoms with Crippen LogP contribution in [0.15, 0.2) is 46.9 Å². The van der Waals surface area contributed by atoms with Crippen LogP contribution in [0.4, 0.5) is 18.9 Å². The Hall–Kier alpha value is -2.22. The second-order valence-electron chi connectivity index (χ2n) is 4.28. The van der Waals surface area contributed by atoms with Gasteiger partial charge in [0.15, 0.2) is 0 Å². The number of anilines is 1. The van der Waals surface area contributed by atoms with Crippen molar-refractivity contribution in [3.05, 3.63) is 58.1 Å². The van der Waals surface area contributed by atoms with Gasteiger partial charge in [0.05, 0.1) is 16.8 Å². The third-order valence-electron chi connectivity index (χ3n) is 2.75. The molecule has 3 N–H and O–H groups in total. The van der Waals surface area contributed by atoms with Crippen LogP contribution in [-0.2, 0) is 6.18 Å². The fourth-order valence-corrected chi connectivity index (χ4v) is 2.08. The van der Waals surface area contributed by atoms with Gasteiger partial charge in [-0.05, 0) is 30.3 Å². The van der Waals surface area contributed by atoms with Crippen LogP contribution in [0.3, 0.4) is 0 Å². The second kappa shape index (κ2) is 6.27. The molecule has 0 aliphatic heterocycles. The Morgan fingerprint density at radius 3 is 2.45 bits per heavy atom. The predicted octanol–water partition coefficient (Wildman–Crippen LogP) is 3.93. The first-order chi connectivity index (χ1) is 10.3. The number of carbonyl (C=O) groups is 1. The zero-order chi connectivity index (χ0) is 16.3. The van der Waals surface area contributed by atoms with E-state index in [1.165, 1.54) is 36.4 Å². The molecule has 2 rings (SSSR count). The molecule has 2 aromatic carbocycles. The summed E-state index contributed by atoms with van der Waals surface area (Å²) in [6.07, 6.45) is -4.55. The highest BCUT2D eigenvalue weighted by atomic mass is 79.9. The van der Waals surface area contributed by atoms with Crippen molar-refractivity contribution in [2.75, 3.05) is 5.43 Å². The summed E-state index contributed by atoms with van der Waals surface area (Å²) in [7, 11) is 0. The van der Waals surface area contributed by atoms with Crippen LogP contribution >= 0.6 is 15.9 Å². The van der Waals surface area contributed by atoms with Gasteiger partial charge in [-0.2, -0.15) is 13.2 Å². The summed E-state index contributed by atoms with van der Waals surface area (Å²) in [5.74, 6) is -1.06. The number of halogens is 4. The Morgan fingerprint density at radius 1 is 1.14 bits per heavy atom. The van der Waals surface area contributed by atoms with Gasteiger partial charge in [-0.25, -0.2) is 0 Å². The Balaban J connectivity index is 2.15. The van der Waals surface area contributed by atoms with Crippen molar-refractivity contribution < 1.29 is 23.1 Å². The van der Waals surface area contributed by atoms with Gasteiger partial charge < -0.3 is 5.11 Å². The third kappa shape index (κ3) is 3.70. The maximum atomic E-state index is 12.8. The number of rotatable bonds is 3. The Bertz CT molecular complexity index is 705. The zero-order valence-corrected chi connectivity index (χ0v) is 12.5. The van der Waals surface area contributed by atoms with Crippen LogP contribution in [0.5, 0.6) is 5.75 Å². The lowest BCUT2D eigenvalue weighted by Gasteiger charge is -2.15. The van der Waals surface area contributed by atoms with E-state index in [9.17, 15) is 23.1 Å². The van der Waals surface area contributed by atoms with Crippen LogP contribution in [0, 0.1) is 0 Å². The Morgan fingerprint density at radius 2 is 1.82 bits per heavy atom. The molecule has 0 heterocycles. The quantitative estimate of drug-likeness (QED) is 0.713. The molecule has 8 heteroatoms. The number of nitrogens with one attached hydrogen (secondary N) is 2. The number of hydrogen-bond acceptors (Lipinski definition) is 3. The summed E-state index contributed by atoms with van der Waals surface area (Å²) in [6.45, 7) is 0. The number of phenolic OH excluding ortho intramolecular Hbond substituents is 1. The summed E-state index contributed by atoms with van der Waals surface area (Å²) in [5.41, 5.74) is 3.07. The molecular weight excluding hydrogens is 365 g/mol. The van der Waals surface area contributed by atoms with Crippen molar-refractivity contribution in [3.63, 3.8) is 0 Å². The number of aromatic hydroxyl groups is 1. The summed E-state index contributed by atoms with van der Waals surface area (Å²) >= 11 is 3.12. The van der Waals surface area contributed by atoms with Gasteiger partial charge in [0, 0.05) is 4.47 Å². The standard InChI is InChI=1S/C14H10BrF3N2O2/c15-8-5-6-9(12(21)7-8)13(22)20-19-11-4-2-1-3-10(11)14(16,17)18/h1-7,19,21H,(H,20,22). The van der Waals surface area contributed by atoms with Crippen LogP contribution in [-0.4, -0.2) is 11.0 Å². The number of hydrogen-bond donors (Lipinski definition) is 3. The maximum absolute atomic E-state index is 12.8. The molecule has 2 aromatic rings. The largest absolute Gasteiger partial charge is 0.507 e. The molecule has 22 heavy (non-hydrogen) atoms. The van der Waals surface area contributed by atoms with E-state index in [0.717, 1.165) is 6.07 Å². The zero-order valence-electron chi connectivity index (χ0n) is 10.9. The lowest BCUT2D eigenvalue weighted by atomic mass is 10.1. The summed E-state index contributed by atoms with van der Waals surface area (Å²) in [6, 6.07) is 8.90. The van der Waals surface area contributed by atoms with Gasteiger partial charge >= 0.3 is 6.18 Å². The predicted molar refractivity (Wildman–Crippen MR) is 78.3 cm³/mol. The van der Waals surface area contributed by atoms with Crippen molar-refractivity contribution in [2.45, 2.75) is 6.18 Å². The molecule has 0 bridgehead atoms. The van der Waals surface area contributed by atoms with Gasteiger partial charge in [0.1, 0.15) is 5.75 Å². The average Bonchev–Trinajstić information content (AvgIpc) is 2.44. The molecule has 0 radical (unpaired) electrons. The average molecular weight is 375 g/mol. The highest BCUT2D eigenvalue weighted by Gasteiger charge is 2.33. The molecule has 116 valence electrons. The number of amides is 1. The fourth-order valence-electron chi connectivity index (χ4n) is 1.73. The molecule has 0 fully saturated rings. The minimum atomic E-state index is -4.55. The van der Waals surface area contributed by atoms with Gasteiger partial charge in [-0.15, -0.1) is 0 Å². The number of hydrazine groups is 1. The van der Waals surface area contributed by atoms with Crippen molar-refractivity contribution in [1.82, 2.24) is 5.43 Å². The first kappa shape index (κ1) is 16.2. The molecule has 0 aliphatic rings. The molecule has 0 atom stereocenters. The molecule has 0 saturated carbocycles. The maximum Gasteiger partial charge on any atom is 0.418 e. The van der Waals surface area contributed by atoms with Crippen molar-refractivity contribution in [2.24, 2.45) is 0 Å². The molecular formula is C14H10BrF3N2O2. The van der Waals surface area contributed by atoms with Crippen molar-refractivity contribution in [3.8, 4) is 5.75 Å². The molecule has 0 saturated heterocycles. The summed E-state index contributed by atoms with van der Waals surface area (Å²) in [4.78, 5) is 11.9. The van der Waals surface area contributed by atoms with E-state index in [-0.39, 0.29) is 17.0 Å². The minimum absolute atomic E-state index is 0.0693. The number of benzene rings is 2. The second-order valence-corrected chi connectivity index (χ2v) is 5.20. The Kier molecular flexibility index (Phi) is 4.60. The number of alkyl halides is 3. The SMILES string of the molecule is O=C(NNc1ccccc1C(F)(F)F)c1ccc(Br)cc1O. The molecule has 0 unspecified atom stereocenters. The van der Waals surface area contributed by atoms with Gasteiger partial charge in [-0.1, -0.05) is 28.1 Å². The monoisotopic (exact) mass is 374 g/mol. The van der Waals surface area contributed by atoms with Gasteiger partial charge in [-0.3, -0.25) is 15.6 Å². The lowest BCUT2D eigenvalue weighted by molar-refractivity contribution is -0.137. The smallest absolute Gasteiger partial charge is 0.418 e. The van der Waals surface area contributed by atoms with Crippen LogP contribution < -0.4 is 10.9 Å². The molecule has 0 aromatic heterocycles. The summed E-state index contributed by atoms with van der Waals surface area (Å²) < 4.78 is 39.0. The van der Waals surface area contributed by atoms with E-state index < -0.39 is 17.6 Å². The molecule has 0 spiro atoms. The lowest BCUT2D eigenvalue weighted by Crippen LogP contribution is -2.30. The molecule has 1 amide bonds. The van der Waals surface area contributed by atoms with Crippen molar-refractivity contribution in [1.29, 1.82) is 0 Å². The number of phenols is 1. The number of carbonyl (C=O) groups excluding carboxylic acids is 1. The molecule has 4 nitrogen and oxygen atoms in total. The van der Waals surface area contributed by atoms with E-state index in [4.69, 9.17) is 0 Å².